The van der Waals surface area contributed by atoms with Crippen molar-refractivity contribution in [2.24, 2.45) is 5.92 Å². The Balaban J connectivity index is 1.46. The zero-order valence-electron chi connectivity index (χ0n) is 13.7. The van der Waals surface area contributed by atoms with Crippen molar-refractivity contribution < 1.29 is 4.79 Å². The lowest BCUT2D eigenvalue weighted by Crippen LogP contribution is -2.45. The third-order valence-electron chi connectivity index (χ3n) is 5.07. The van der Waals surface area contributed by atoms with Gasteiger partial charge in [-0.15, -0.1) is 0 Å². The number of carbonyl (C=O) groups is 1. The molecule has 2 aromatic rings. The summed E-state index contributed by atoms with van der Waals surface area (Å²) in [6, 6.07) is 7.96. The fourth-order valence-electron chi connectivity index (χ4n) is 3.43. The molecule has 1 amide bonds. The van der Waals surface area contributed by atoms with Crippen LogP contribution in [0.4, 0.5) is 0 Å². The molecule has 126 valence electrons. The largest absolute Gasteiger partial charge is 0.338 e. The summed E-state index contributed by atoms with van der Waals surface area (Å²) >= 11 is 6.20. The highest BCUT2D eigenvalue weighted by Crippen LogP contribution is 2.28. The van der Waals surface area contributed by atoms with Crippen LogP contribution in [0.1, 0.15) is 36.0 Å². The van der Waals surface area contributed by atoms with Gasteiger partial charge in [0.05, 0.1) is 11.1 Å². The van der Waals surface area contributed by atoms with Crippen LogP contribution in [-0.4, -0.2) is 41.5 Å². The molecule has 1 aromatic heterocycles. The number of hydrogen-bond donors (Lipinski definition) is 1. The highest BCUT2D eigenvalue weighted by molar-refractivity contribution is 6.32. The molecule has 1 aromatic carbocycles. The molecule has 0 atom stereocenters. The maximum atomic E-state index is 13.0. The lowest BCUT2D eigenvalue weighted by molar-refractivity contribution is 0.0707. The molecule has 1 saturated heterocycles. The van der Waals surface area contributed by atoms with E-state index in [0.717, 1.165) is 49.3 Å². The first-order valence-electron chi connectivity index (χ1n) is 8.77. The first-order valence-corrected chi connectivity index (χ1v) is 9.15. The van der Waals surface area contributed by atoms with Gasteiger partial charge in [0.25, 0.3) is 5.91 Å². The average Bonchev–Trinajstić information content (AvgIpc) is 3.43. The zero-order valence-corrected chi connectivity index (χ0v) is 14.4. The fourth-order valence-corrected chi connectivity index (χ4v) is 3.66. The molecule has 4 rings (SSSR count). The minimum absolute atomic E-state index is 0.0434. The number of rotatable bonds is 4. The Morgan fingerprint density at radius 2 is 2.04 bits per heavy atom. The number of amides is 1. The molecule has 0 unspecified atom stereocenters. The van der Waals surface area contributed by atoms with Gasteiger partial charge in [-0.25, -0.2) is 0 Å². The van der Waals surface area contributed by atoms with Crippen LogP contribution in [0.5, 0.6) is 0 Å². The van der Waals surface area contributed by atoms with Crippen LogP contribution in [0.2, 0.25) is 5.02 Å². The Bertz CT molecular complexity index is 751. The second-order valence-corrected chi connectivity index (χ2v) is 7.38. The SMILES string of the molecule is O=C(c1cc(Cl)cc2cccnc12)N1CCC(NCC2CC2)CC1. The maximum Gasteiger partial charge on any atom is 0.256 e. The van der Waals surface area contributed by atoms with Crippen molar-refractivity contribution in [3.05, 3.63) is 41.0 Å². The fraction of sp³-hybridized carbons (Fsp3) is 0.474. The van der Waals surface area contributed by atoms with E-state index < -0.39 is 0 Å². The van der Waals surface area contributed by atoms with Crippen LogP contribution in [0, 0.1) is 5.92 Å². The van der Waals surface area contributed by atoms with Crippen LogP contribution in [0.25, 0.3) is 10.9 Å². The summed E-state index contributed by atoms with van der Waals surface area (Å²) in [6.45, 7) is 2.73. The van der Waals surface area contributed by atoms with E-state index in [1.807, 2.05) is 23.1 Å². The summed E-state index contributed by atoms with van der Waals surface area (Å²) in [5.41, 5.74) is 1.35. The van der Waals surface area contributed by atoms with Crippen molar-refractivity contribution in [1.82, 2.24) is 15.2 Å². The number of nitrogens with one attached hydrogen (secondary N) is 1. The molecule has 1 saturated carbocycles. The molecule has 5 heteroatoms. The molecule has 0 bridgehead atoms. The maximum absolute atomic E-state index is 13.0. The molecular formula is C19H22ClN3O. The van der Waals surface area contributed by atoms with E-state index in [1.165, 1.54) is 12.8 Å². The summed E-state index contributed by atoms with van der Waals surface area (Å²) in [4.78, 5) is 19.3. The second kappa shape index (κ2) is 6.69. The molecule has 2 fully saturated rings. The predicted octanol–water partition coefficient (Wildman–Crippen LogP) is 3.49. The Morgan fingerprint density at radius 1 is 1.25 bits per heavy atom. The number of halogens is 1. The van der Waals surface area contributed by atoms with E-state index in [2.05, 4.69) is 10.3 Å². The van der Waals surface area contributed by atoms with Crippen molar-refractivity contribution in [3.8, 4) is 0 Å². The van der Waals surface area contributed by atoms with Gasteiger partial charge in [-0.05, 0) is 56.3 Å². The van der Waals surface area contributed by atoms with Crippen LogP contribution in [0.15, 0.2) is 30.5 Å². The number of hydrogen-bond acceptors (Lipinski definition) is 3. The first-order chi connectivity index (χ1) is 11.7. The normalized spacial score (nSPS) is 19.0. The summed E-state index contributed by atoms with van der Waals surface area (Å²) in [7, 11) is 0. The van der Waals surface area contributed by atoms with Crippen molar-refractivity contribution in [2.75, 3.05) is 19.6 Å². The van der Waals surface area contributed by atoms with Gasteiger partial charge in [0, 0.05) is 35.7 Å². The molecule has 4 nitrogen and oxygen atoms in total. The minimum atomic E-state index is 0.0434. The number of pyridine rings is 1. The van der Waals surface area contributed by atoms with Crippen molar-refractivity contribution in [2.45, 2.75) is 31.7 Å². The van der Waals surface area contributed by atoms with E-state index >= 15 is 0 Å². The average molecular weight is 344 g/mol. The summed E-state index contributed by atoms with van der Waals surface area (Å²) in [6.07, 6.45) is 6.51. The molecule has 0 spiro atoms. The predicted molar refractivity (Wildman–Crippen MR) is 96.4 cm³/mol. The molecule has 0 radical (unpaired) electrons. The molecule has 1 aliphatic carbocycles. The first kappa shape index (κ1) is 15.9. The lowest BCUT2D eigenvalue weighted by atomic mass is 10.0. The summed E-state index contributed by atoms with van der Waals surface area (Å²) in [5.74, 6) is 0.940. The number of carbonyl (C=O) groups excluding carboxylic acids is 1. The van der Waals surface area contributed by atoms with Gasteiger partial charge in [0.2, 0.25) is 0 Å². The van der Waals surface area contributed by atoms with Crippen molar-refractivity contribution >= 4 is 28.4 Å². The van der Waals surface area contributed by atoms with E-state index in [9.17, 15) is 4.79 Å². The van der Waals surface area contributed by atoms with Crippen molar-refractivity contribution in [3.63, 3.8) is 0 Å². The molecule has 24 heavy (non-hydrogen) atoms. The smallest absolute Gasteiger partial charge is 0.256 e. The van der Waals surface area contributed by atoms with E-state index in [1.54, 1.807) is 12.3 Å². The molecule has 1 N–H and O–H groups in total. The van der Waals surface area contributed by atoms with E-state index in [0.29, 0.717) is 16.6 Å². The minimum Gasteiger partial charge on any atom is -0.338 e. The van der Waals surface area contributed by atoms with E-state index in [4.69, 9.17) is 11.6 Å². The van der Waals surface area contributed by atoms with Crippen molar-refractivity contribution in [1.29, 1.82) is 0 Å². The number of benzene rings is 1. The molecular weight excluding hydrogens is 322 g/mol. The quantitative estimate of drug-likeness (QED) is 0.924. The number of aromatic nitrogens is 1. The van der Waals surface area contributed by atoms with Gasteiger partial charge in [0.15, 0.2) is 0 Å². The molecule has 1 aliphatic heterocycles. The van der Waals surface area contributed by atoms with Gasteiger partial charge in [-0.1, -0.05) is 17.7 Å². The standard InChI is InChI=1S/C19H22ClN3O/c20-15-10-14-2-1-7-21-18(14)17(11-15)19(24)23-8-5-16(6-9-23)22-12-13-3-4-13/h1-2,7,10-11,13,16,22H,3-6,8-9,12H2. The Labute approximate surface area is 147 Å². The van der Waals surface area contributed by atoms with Gasteiger partial charge >= 0.3 is 0 Å². The van der Waals surface area contributed by atoms with Gasteiger partial charge in [-0.3, -0.25) is 9.78 Å². The van der Waals surface area contributed by atoms with Crippen LogP contribution in [-0.2, 0) is 0 Å². The van der Waals surface area contributed by atoms with Gasteiger partial charge < -0.3 is 10.2 Å². The van der Waals surface area contributed by atoms with Crippen LogP contribution >= 0.6 is 11.6 Å². The Kier molecular flexibility index (Phi) is 4.42. The Hall–Kier alpha value is -1.65. The van der Waals surface area contributed by atoms with Crippen LogP contribution in [0.3, 0.4) is 0 Å². The second-order valence-electron chi connectivity index (χ2n) is 6.95. The number of likely N-dealkylation sites (tertiary alicyclic amines) is 1. The topological polar surface area (TPSA) is 45.2 Å². The highest BCUT2D eigenvalue weighted by Gasteiger charge is 2.27. The van der Waals surface area contributed by atoms with Gasteiger partial charge in [-0.2, -0.15) is 0 Å². The Morgan fingerprint density at radius 3 is 2.79 bits per heavy atom. The van der Waals surface area contributed by atoms with E-state index in [-0.39, 0.29) is 5.91 Å². The molecule has 2 heterocycles. The third-order valence-corrected chi connectivity index (χ3v) is 5.29. The number of piperidine rings is 1. The highest BCUT2D eigenvalue weighted by atomic mass is 35.5. The number of fused-ring (bicyclic) bond motifs is 1. The van der Waals surface area contributed by atoms with Gasteiger partial charge in [0.1, 0.15) is 0 Å². The third kappa shape index (κ3) is 3.40. The summed E-state index contributed by atoms with van der Waals surface area (Å²) < 4.78 is 0. The monoisotopic (exact) mass is 343 g/mol. The number of nitrogens with zero attached hydrogens (tertiary/aromatic N) is 2. The van der Waals surface area contributed by atoms with Crippen LogP contribution < -0.4 is 5.32 Å². The summed E-state index contributed by atoms with van der Waals surface area (Å²) in [5, 5.41) is 5.14. The lowest BCUT2D eigenvalue weighted by Gasteiger charge is -2.32. The zero-order chi connectivity index (χ0) is 16.5. The molecule has 2 aliphatic rings.